The van der Waals surface area contributed by atoms with Crippen LogP contribution in [0.2, 0.25) is 0 Å². The van der Waals surface area contributed by atoms with Crippen molar-refractivity contribution in [3.63, 3.8) is 0 Å². The summed E-state index contributed by atoms with van der Waals surface area (Å²) in [5.74, 6) is -1.96. The Morgan fingerprint density at radius 2 is 1.80 bits per heavy atom. The summed E-state index contributed by atoms with van der Waals surface area (Å²) in [5, 5.41) is 12.7. The Labute approximate surface area is 200 Å². The molecule has 3 rings (SSSR count). The van der Waals surface area contributed by atoms with Gasteiger partial charge in [0.15, 0.2) is 0 Å². The van der Waals surface area contributed by atoms with E-state index in [4.69, 9.17) is 4.42 Å². The highest BCUT2D eigenvalue weighted by Crippen LogP contribution is 2.38. The van der Waals surface area contributed by atoms with Crippen molar-refractivity contribution >= 4 is 17.6 Å². The summed E-state index contributed by atoms with van der Waals surface area (Å²) in [7, 11) is 0. The number of nitrogens with one attached hydrogen (secondary N) is 2. The highest BCUT2D eigenvalue weighted by atomic mass is 19.4. The molecule has 188 valence electrons. The predicted octanol–water partition coefficient (Wildman–Crippen LogP) is 5.68. The Hall–Kier alpha value is -3.47. The molecule has 0 saturated heterocycles. The summed E-state index contributed by atoms with van der Waals surface area (Å²) in [5.41, 5.74) is -1.84. The first-order valence-electron chi connectivity index (χ1n) is 11.3. The first-order chi connectivity index (χ1) is 16.7. The molecule has 0 radical (unpaired) electrons. The van der Waals surface area contributed by atoms with Gasteiger partial charge in [0.25, 0.3) is 5.91 Å². The van der Waals surface area contributed by atoms with E-state index in [-0.39, 0.29) is 28.7 Å². The second-order valence-electron chi connectivity index (χ2n) is 7.77. The van der Waals surface area contributed by atoms with Crippen molar-refractivity contribution in [1.29, 1.82) is 0 Å². The molecule has 1 aromatic heterocycles. The minimum atomic E-state index is -4.76. The fourth-order valence-electron chi connectivity index (χ4n) is 3.49. The number of halogens is 4. The molecule has 35 heavy (non-hydrogen) atoms. The first-order valence-corrected chi connectivity index (χ1v) is 11.3. The van der Waals surface area contributed by atoms with Crippen molar-refractivity contribution < 1.29 is 26.8 Å². The van der Waals surface area contributed by atoms with E-state index in [9.17, 15) is 22.4 Å². The zero-order valence-corrected chi connectivity index (χ0v) is 19.5. The summed E-state index contributed by atoms with van der Waals surface area (Å²) < 4.78 is 60.5. The van der Waals surface area contributed by atoms with E-state index in [0.717, 1.165) is 50.7 Å². The number of nitrogens with zero attached hydrogens (tertiary/aromatic N) is 3. The number of unbranched alkanes of at least 4 members (excludes halogenated alkanes) is 1. The van der Waals surface area contributed by atoms with E-state index in [1.54, 1.807) is 0 Å². The summed E-state index contributed by atoms with van der Waals surface area (Å²) in [6, 6.07) is 8.34. The van der Waals surface area contributed by atoms with Gasteiger partial charge in [-0.25, -0.2) is 4.39 Å². The van der Waals surface area contributed by atoms with Crippen LogP contribution < -0.4 is 10.6 Å². The zero-order valence-electron chi connectivity index (χ0n) is 19.5. The number of rotatable bonds is 11. The largest absolute Gasteiger partial charge is 0.417 e. The number of anilines is 2. The van der Waals surface area contributed by atoms with Crippen molar-refractivity contribution in [1.82, 2.24) is 15.1 Å². The summed E-state index contributed by atoms with van der Waals surface area (Å²) in [6.07, 6.45) is -2.98. The van der Waals surface area contributed by atoms with Crippen molar-refractivity contribution in [2.24, 2.45) is 0 Å². The summed E-state index contributed by atoms with van der Waals surface area (Å²) in [6.45, 7) is 7.64. The highest BCUT2D eigenvalue weighted by Gasteiger charge is 2.35. The lowest BCUT2D eigenvalue weighted by Crippen LogP contribution is -2.24. The van der Waals surface area contributed by atoms with Gasteiger partial charge in [-0.1, -0.05) is 31.1 Å². The van der Waals surface area contributed by atoms with E-state index in [1.165, 1.54) is 24.3 Å². The Balaban J connectivity index is 1.70. The molecular weight excluding hydrogens is 466 g/mol. The molecule has 7 nitrogen and oxygen atoms in total. The van der Waals surface area contributed by atoms with Gasteiger partial charge in [-0.15, -0.1) is 5.10 Å². The van der Waals surface area contributed by atoms with Gasteiger partial charge in [0.2, 0.25) is 5.89 Å². The number of aromatic nitrogens is 2. The van der Waals surface area contributed by atoms with Crippen LogP contribution in [0.4, 0.5) is 29.3 Å². The molecule has 0 bridgehead atoms. The van der Waals surface area contributed by atoms with Crippen LogP contribution in [0.1, 0.15) is 42.6 Å². The second kappa shape index (κ2) is 11.8. The average molecular weight is 494 g/mol. The van der Waals surface area contributed by atoms with Crippen LogP contribution in [0.5, 0.6) is 0 Å². The van der Waals surface area contributed by atoms with Gasteiger partial charge in [-0.3, -0.25) is 4.79 Å². The van der Waals surface area contributed by atoms with E-state index in [0.29, 0.717) is 6.54 Å². The smallest absolute Gasteiger partial charge is 0.403 e. The topological polar surface area (TPSA) is 83.3 Å². The number of carbonyl (C=O) groups is 1. The van der Waals surface area contributed by atoms with Gasteiger partial charge in [0.05, 0.1) is 16.7 Å². The van der Waals surface area contributed by atoms with Gasteiger partial charge in [0.1, 0.15) is 5.82 Å². The first kappa shape index (κ1) is 26.1. The minimum absolute atomic E-state index is 0.0212. The van der Waals surface area contributed by atoms with Gasteiger partial charge in [-0.2, -0.15) is 13.2 Å². The van der Waals surface area contributed by atoms with Crippen LogP contribution in [0, 0.1) is 5.82 Å². The molecule has 1 heterocycles. The van der Waals surface area contributed by atoms with E-state index in [1.807, 2.05) is 0 Å². The fourth-order valence-corrected chi connectivity index (χ4v) is 3.49. The van der Waals surface area contributed by atoms with E-state index >= 15 is 0 Å². The van der Waals surface area contributed by atoms with Crippen LogP contribution >= 0.6 is 0 Å². The predicted molar refractivity (Wildman–Crippen MR) is 125 cm³/mol. The Morgan fingerprint density at radius 1 is 1.06 bits per heavy atom. The van der Waals surface area contributed by atoms with Crippen molar-refractivity contribution in [3.8, 4) is 11.5 Å². The van der Waals surface area contributed by atoms with E-state index < -0.39 is 23.5 Å². The molecule has 11 heteroatoms. The molecule has 0 spiro atoms. The molecule has 0 fully saturated rings. The van der Waals surface area contributed by atoms with Crippen molar-refractivity contribution in [3.05, 3.63) is 59.4 Å². The molecular formula is C24H27F4N5O2. The lowest BCUT2D eigenvalue weighted by Gasteiger charge is -2.17. The number of hydrogen-bond acceptors (Lipinski definition) is 6. The quantitative estimate of drug-likeness (QED) is 0.264. The zero-order chi connectivity index (χ0) is 25.4. The Morgan fingerprint density at radius 3 is 2.49 bits per heavy atom. The average Bonchev–Trinajstić information content (AvgIpc) is 3.30. The Bertz CT molecular complexity index is 1130. The maximum atomic E-state index is 13.8. The van der Waals surface area contributed by atoms with Crippen LogP contribution in [0.3, 0.4) is 0 Å². The summed E-state index contributed by atoms with van der Waals surface area (Å²) >= 11 is 0. The molecule has 0 atom stereocenters. The SMILES string of the molecule is CCN(CC)CCCCNc1nnc(-c2ccc(NC(=O)c3ccccc3F)cc2C(F)(F)F)o1. The molecule has 0 aliphatic carbocycles. The van der Waals surface area contributed by atoms with Crippen LogP contribution in [-0.2, 0) is 6.18 Å². The number of hydrogen-bond donors (Lipinski definition) is 2. The van der Waals surface area contributed by atoms with Crippen LogP contribution in [-0.4, -0.2) is 47.2 Å². The molecule has 0 saturated carbocycles. The standard InChI is InChI=1S/C24H27F4N5O2/c1-3-33(4-2)14-8-7-13-29-23-32-31-22(35-23)17-12-11-16(15-19(17)24(26,27)28)30-21(34)18-9-5-6-10-20(18)25/h5-6,9-12,15H,3-4,7-8,13-14H2,1-2H3,(H,29,32)(H,30,34). The molecule has 2 aromatic carbocycles. The third-order valence-corrected chi connectivity index (χ3v) is 5.43. The van der Waals surface area contributed by atoms with Gasteiger partial charge >= 0.3 is 12.2 Å². The monoisotopic (exact) mass is 493 g/mol. The van der Waals surface area contributed by atoms with Crippen molar-refractivity contribution in [2.75, 3.05) is 36.8 Å². The Kier molecular flexibility index (Phi) is 8.80. The third kappa shape index (κ3) is 7.01. The molecule has 3 aromatic rings. The highest BCUT2D eigenvalue weighted by molar-refractivity contribution is 6.04. The molecule has 0 aliphatic rings. The van der Waals surface area contributed by atoms with E-state index in [2.05, 4.69) is 39.6 Å². The maximum absolute atomic E-state index is 13.8. The van der Waals surface area contributed by atoms with Crippen LogP contribution in [0.25, 0.3) is 11.5 Å². The second-order valence-corrected chi connectivity index (χ2v) is 7.77. The number of benzene rings is 2. The van der Waals surface area contributed by atoms with Gasteiger partial charge in [-0.05, 0) is 62.8 Å². The lowest BCUT2D eigenvalue weighted by molar-refractivity contribution is -0.137. The van der Waals surface area contributed by atoms with Crippen LogP contribution in [0.15, 0.2) is 46.9 Å². The number of carbonyl (C=O) groups excluding carboxylic acids is 1. The maximum Gasteiger partial charge on any atom is 0.417 e. The fraction of sp³-hybridized carbons (Fsp3) is 0.375. The molecule has 1 amide bonds. The van der Waals surface area contributed by atoms with Gasteiger partial charge < -0.3 is 20.0 Å². The normalized spacial score (nSPS) is 11.6. The minimum Gasteiger partial charge on any atom is -0.403 e. The lowest BCUT2D eigenvalue weighted by atomic mass is 10.1. The summed E-state index contributed by atoms with van der Waals surface area (Å²) in [4.78, 5) is 14.6. The molecule has 2 N–H and O–H groups in total. The number of amides is 1. The third-order valence-electron chi connectivity index (χ3n) is 5.43. The van der Waals surface area contributed by atoms with Gasteiger partial charge in [0, 0.05) is 12.2 Å². The molecule has 0 unspecified atom stereocenters. The molecule has 0 aliphatic heterocycles. The van der Waals surface area contributed by atoms with Crippen molar-refractivity contribution in [2.45, 2.75) is 32.9 Å². The number of alkyl halides is 3.